The summed E-state index contributed by atoms with van der Waals surface area (Å²) in [5, 5.41) is 5.11. The van der Waals surface area contributed by atoms with Crippen LogP contribution in [0.15, 0.2) is 42.5 Å². The van der Waals surface area contributed by atoms with Crippen molar-refractivity contribution in [2.45, 2.75) is 20.0 Å². The molecule has 1 atom stereocenters. The fourth-order valence-electron chi connectivity index (χ4n) is 2.55. The average Bonchev–Trinajstić information content (AvgIpc) is 3.13. The van der Waals surface area contributed by atoms with Gasteiger partial charge < -0.3 is 24.8 Å². The van der Waals surface area contributed by atoms with Gasteiger partial charge >= 0.3 is 5.97 Å². The van der Waals surface area contributed by atoms with Crippen LogP contribution in [-0.2, 0) is 14.3 Å². The van der Waals surface area contributed by atoms with Crippen molar-refractivity contribution in [1.29, 1.82) is 0 Å². The monoisotopic (exact) mass is 384 g/mol. The zero-order valence-corrected chi connectivity index (χ0v) is 15.5. The van der Waals surface area contributed by atoms with Crippen molar-refractivity contribution in [3.8, 4) is 11.5 Å². The summed E-state index contributed by atoms with van der Waals surface area (Å²) in [6.45, 7) is 3.11. The highest BCUT2D eigenvalue weighted by Gasteiger charge is 2.20. The van der Waals surface area contributed by atoms with E-state index in [0.29, 0.717) is 22.7 Å². The number of rotatable bonds is 6. The van der Waals surface area contributed by atoms with Gasteiger partial charge in [0.2, 0.25) is 6.79 Å². The highest BCUT2D eigenvalue weighted by molar-refractivity contribution is 5.97. The van der Waals surface area contributed by atoms with Gasteiger partial charge in [-0.2, -0.15) is 0 Å². The van der Waals surface area contributed by atoms with Crippen molar-refractivity contribution in [1.82, 2.24) is 5.32 Å². The van der Waals surface area contributed by atoms with E-state index in [-0.39, 0.29) is 13.3 Å². The summed E-state index contributed by atoms with van der Waals surface area (Å²) >= 11 is 0. The third-order valence-corrected chi connectivity index (χ3v) is 3.99. The van der Waals surface area contributed by atoms with Crippen LogP contribution in [0.3, 0.4) is 0 Å². The quantitative estimate of drug-likeness (QED) is 0.739. The van der Waals surface area contributed by atoms with Gasteiger partial charge in [-0.3, -0.25) is 14.4 Å². The van der Waals surface area contributed by atoms with Crippen LogP contribution in [-0.4, -0.2) is 37.2 Å². The number of carbonyl (C=O) groups excluding carboxylic acids is 3. The standard InChI is InChI=1S/C20H20N2O6/c1-12-4-3-5-14(8-12)20(25)21-10-18(23)28-13(2)19(24)22-15-6-7-16-17(9-15)27-11-26-16/h3-9,13H,10-11H2,1-2H3,(H,21,25)(H,22,24)/t13-/m1/s1. The molecule has 2 N–H and O–H groups in total. The Labute approximate surface area is 161 Å². The zero-order chi connectivity index (χ0) is 20.1. The van der Waals surface area contributed by atoms with Crippen LogP contribution in [0.2, 0.25) is 0 Å². The summed E-state index contributed by atoms with van der Waals surface area (Å²) in [6, 6.07) is 11.9. The highest BCUT2D eigenvalue weighted by Crippen LogP contribution is 2.34. The Morgan fingerprint density at radius 3 is 2.68 bits per heavy atom. The summed E-state index contributed by atoms with van der Waals surface area (Å²) in [7, 11) is 0. The van der Waals surface area contributed by atoms with Gasteiger partial charge in [0.1, 0.15) is 6.54 Å². The minimum atomic E-state index is -1.03. The van der Waals surface area contributed by atoms with E-state index < -0.39 is 23.9 Å². The van der Waals surface area contributed by atoms with Crippen molar-refractivity contribution >= 4 is 23.5 Å². The van der Waals surface area contributed by atoms with Crippen LogP contribution in [0.1, 0.15) is 22.8 Å². The average molecular weight is 384 g/mol. The highest BCUT2D eigenvalue weighted by atomic mass is 16.7. The maximum absolute atomic E-state index is 12.2. The topological polar surface area (TPSA) is 103 Å². The smallest absolute Gasteiger partial charge is 0.326 e. The Bertz CT molecular complexity index is 911. The van der Waals surface area contributed by atoms with E-state index in [1.807, 2.05) is 13.0 Å². The lowest BCUT2D eigenvalue weighted by atomic mass is 10.1. The minimum Gasteiger partial charge on any atom is -0.454 e. The molecule has 0 saturated heterocycles. The van der Waals surface area contributed by atoms with E-state index in [1.54, 1.807) is 36.4 Å². The number of anilines is 1. The summed E-state index contributed by atoms with van der Waals surface area (Å²) in [5.74, 6) is -0.479. The maximum Gasteiger partial charge on any atom is 0.326 e. The molecule has 8 heteroatoms. The number of benzene rings is 2. The number of fused-ring (bicyclic) bond motifs is 1. The molecule has 0 saturated carbocycles. The Morgan fingerprint density at radius 2 is 1.89 bits per heavy atom. The second-order valence-corrected chi connectivity index (χ2v) is 6.24. The SMILES string of the molecule is Cc1cccc(C(=O)NCC(=O)O[C@H](C)C(=O)Nc2ccc3c(c2)OCO3)c1. The van der Waals surface area contributed by atoms with Crippen LogP contribution in [0.25, 0.3) is 0 Å². The molecular formula is C20H20N2O6. The molecule has 28 heavy (non-hydrogen) atoms. The van der Waals surface area contributed by atoms with E-state index in [2.05, 4.69) is 10.6 Å². The molecule has 3 rings (SSSR count). The molecule has 146 valence electrons. The molecule has 0 bridgehead atoms. The van der Waals surface area contributed by atoms with Crippen LogP contribution in [0, 0.1) is 6.92 Å². The van der Waals surface area contributed by atoms with Gasteiger partial charge in [0.15, 0.2) is 17.6 Å². The Morgan fingerprint density at radius 1 is 1.11 bits per heavy atom. The predicted octanol–water partition coefficient (Wildman–Crippen LogP) is 2.02. The number of esters is 1. The number of nitrogens with one attached hydrogen (secondary N) is 2. The van der Waals surface area contributed by atoms with E-state index in [9.17, 15) is 14.4 Å². The number of carbonyl (C=O) groups is 3. The summed E-state index contributed by atoms with van der Waals surface area (Å²) in [6.07, 6.45) is -1.03. The van der Waals surface area contributed by atoms with Crippen LogP contribution in [0.5, 0.6) is 11.5 Å². The van der Waals surface area contributed by atoms with Gasteiger partial charge in [-0.25, -0.2) is 0 Å². The van der Waals surface area contributed by atoms with Gasteiger partial charge in [-0.05, 0) is 38.1 Å². The van der Waals surface area contributed by atoms with Gasteiger partial charge in [0.25, 0.3) is 11.8 Å². The third kappa shape index (κ3) is 4.79. The number of aryl methyl sites for hydroxylation is 1. The Hall–Kier alpha value is -3.55. The van der Waals surface area contributed by atoms with Gasteiger partial charge in [-0.15, -0.1) is 0 Å². The fraction of sp³-hybridized carbons (Fsp3) is 0.250. The maximum atomic E-state index is 12.2. The number of hydrogen-bond acceptors (Lipinski definition) is 6. The number of hydrogen-bond donors (Lipinski definition) is 2. The lowest BCUT2D eigenvalue weighted by Crippen LogP contribution is -2.35. The number of ether oxygens (including phenoxy) is 3. The molecule has 2 aromatic rings. The molecular weight excluding hydrogens is 364 g/mol. The van der Waals surface area contributed by atoms with Crippen LogP contribution < -0.4 is 20.1 Å². The van der Waals surface area contributed by atoms with Crippen LogP contribution >= 0.6 is 0 Å². The molecule has 1 aliphatic rings. The Balaban J connectivity index is 1.47. The molecule has 1 heterocycles. The first-order chi connectivity index (χ1) is 13.4. The molecule has 2 amide bonds. The normalized spacial score (nSPS) is 12.8. The van der Waals surface area contributed by atoms with E-state index >= 15 is 0 Å². The van der Waals surface area contributed by atoms with Crippen molar-refractivity contribution in [2.75, 3.05) is 18.7 Å². The predicted molar refractivity (Wildman–Crippen MR) is 100 cm³/mol. The summed E-state index contributed by atoms with van der Waals surface area (Å²) < 4.78 is 15.5. The fourth-order valence-corrected chi connectivity index (χ4v) is 2.55. The molecule has 8 nitrogen and oxygen atoms in total. The first kappa shape index (κ1) is 19.2. The first-order valence-corrected chi connectivity index (χ1v) is 8.67. The van der Waals surface area contributed by atoms with Crippen molar-refractivity contribution in [3.63, 3.8) is 0 Å². The van der Waals surface area contributed by atoms with Crippen molar-refractivity contribution in [3.05, 3.63) is 53.6 Å². The van der Waals surface area contributed by atoms with E-state index in [0.717, 1.165) is 5.56 Å². The Kier molecular flexibility index (Phi) is 5.78. The van der Waals surface area contributed by atoms with Crippen LogP contribution in [0.4, 0.5) is 5.69 Å². The van der Waals surface area contributed by atoms with E-state index in [1.165, 1.54) is 6.92 Å². The van der Waals surface area contributed by atoms with Crippen molar-refractivity contribution < 1.29 is 28.6 Å². The molecule has 0 fully saturated rings. The largest absolute Gasteiger partial charge is 0.454 e. The first-order valence-electron chi connectivity index (χ1n) is 8.67. The third-order valence-electron chi connectivity index (χ3n) is 3.99. The molecule has 0 aromatic heterocycles. The lowest BCUT2D eigenvalue weighted by Gasteiger charge is -2.14. The molecule has 0 radical (unpaired) electrons. The van der Waals surface area contributed by atoms with E-state index in [4.69, 9.17) is 14.2 Å². The molecule has 0 unspecified atom stereocenters. The molecule has 0 aliphatic carbocycles. The van der Waals surface area contributed by atoms with Gasteiger partial charge in [-0.1, -0.05) is 17.7 Å². The minimum absolute atomic E-state index is 0.134. The second kappa shape index (κ2) is 8.43. The lowest BCUT2D eigenvalue weighted by molar-refractivity contribution is -0.152. The summed E-state index contributed by atoms with van der Waals surface area (Å²) in [5.41, 5.74) is 1.87. The zero-order valence-electron chi connectivity index (χ0n) is 15.5. The number of amides is 2. The second-order valence-electron chi connectivity index (χ2n) is 6.24. The van der Waals surface area contributed by atoms with Gasteiger partial charge in [0.05, 0.1) is 0 Å². The van der Waals surface area contributed by atoms with Crippen molar-refractivity contribution in [2.24, 2.45) is 0 Å². The summed E-state index contributed by atoms with van der Waals surface area (Å²) in [4.78, 5) is 36.1. The molecule has 2 aromatic carbocycles. The molecule has 0 spiro atoms. The van der Waals surface area contributed by atoms with Gasteiger partial charge in [0, 0.05) is 17.3 Å². The molecule has 1 aliphatic heterocycles.